The van der Waals surface area contributed by atoms with Crippen LogP contribution < -0.4 is 11.2 Å². The maximum atomic E-state index is 13.0. The number of methoxy groups -OCH3 is 1. The third-order valence-corrected chi connectivity index (χ3v) is 6.44. The van der Waals surface area contributed by atoms with Crippen molar-refractivity contribution in [3.63, 3.8) is 0 Å². The molecule has 2 bridgehead atoms. The van der Waals surface area contributed by atoms with Crippen molar-refractivity contribution in [2.24, 2.45) is 5.41 Å². The van der Waals surface area contributed by atoms with Crippen molar-refractivity contribution in [3.8, 4) is 11.8 Å². The predicted octanol–water partition coefficient (Wildman–Crippen LogP) is 1.48. The fraction of sp³-hybridized carbons (Fsp3) is 0.471. The molecule has 2 aromatic rings. The number of fused-ring (bicyclic) bond motifs is 1. The van der Waals surface area contributed by atoms with Crippen molar-refractivity contribution in [2.75, 3.05) is 7.11 Å². The van der Waals surface area contributed by atoms with E-state index in [1.165, 1.54) is 23.0 Å². The van der Waals surface area contributed by atoms with Gasteiger partial charge < -0.3 is 4.74 Å². The van der Waals surface area contributed by atoms with Crippen molar-refractivity contribution >= 4 is 27.5 Å². The minimum Gasteiger partial charge on any atom is -0.469 e. The number of nitrogens with zero attached hydrogens (tertiary/aromatic N) is 1. The van der Waals surface area contributed by atoms with E-state index in [2.05, 4.69) is 16.8 Å². The van der Waals surface area contributed by atoms with Gasteiger partial charge in [-0.05, 0) is 38.7 Å². The van der Waals surface area contributed by atoms with Crippen LogP contribution in [-0.4, -0.2) is 22.6 Å². The van der Waals surface area contributed by atoms with E-state index in [9.17, 15) is 14.4 Å². The summed E-state index contributed by atoms with van der Waals surface area (Å²) in [6.45, 7) is 3.58. The van der Waals surface area contributed by atoms with Gasteiger partial charge in [0.2, 0.25) is 0 Å². The number of aromatic amines is 1. The molecule has 2 heterocycles. The van der Waals surface area contributed by atoms with Crippen LogP contribution in [0.1, 0.15) is 36.6 Å². The molecule has 0 spiro atoms. The zero-order chi connectivity index (χ0) is 17.3. The van der Waals surface area contributed by atoms with Crippen LogP contribution in [0.4, 0.5) is 0 Å². The van der Waals surface area contributed by atoms with Gasteiger partial charge in [-0.15, -0.1) is 17.3 Å². The summed E-state index contributed by atoms with van der Waals surface area (Å²) in [6, 6.07) is 0. The average molecular weight is 344 g/mol. The minimum atomic E-state index is -0.544. The molecule has 3 saturated carbocycles. The minimum absolute atomic E-state index is 0.248. The maximum absolute atomic E-state index is 13.0. The SMILES string of the molecule is CC#Cc1sc2[nH]c(=O)n(C34CC(C(=O)OC)(C3)C4)c(=O)c2c1C. The first-order valence-electron chi connectivity index (χ1n) is 7.68. The Labute approximate surface area is 141 Å². The molecule has 0 atom stereocenters. The number of nitrogens with one attached hydrogen (secondary N) is 1. The first-order valence-corrected chi connectivity index (χ1v) is 8.49. The first-order chi connectivity index (χ1) is 11.4. The number of aryl methyl sites for hydroxylation is 1. The van der Waals surface area contributed by atoms with Gasteiger partial charge in [-0.25, -0.2) is 4.79 Å². The molecule has 3 aliphatic carbocycles. The monoisotopic (exact) mass is 344 g/mol. The van der Waals surface area contributed by atoms with Gasteiger partial charge in [0.1, 0.15) is 4.83 Å². The van der Waals surface area contributed by atoms with E-state index >= 15 is 0 Å². The number of hydrogen-bond acceptors (Lipinski definition) is 5. The van der Waals surface area contributed by atoms with E-state index in [-0.39, 0.29) is 11.5 Å². The summed E-state index contributed by atoms with van der Waals surface area (Å²) in [6.07, 6.45) is 1.48. The largest absolute Gasteiger partial charge is 0.469 e. The van der Waals surface area contributed by atoms with Gasteiger partial charge in [0, 0.05) is 0 Å². The summed E-state index contributed by atoms with van der Waals surface area (Å²) in [7, 11) is 1.37. The Bertz CT molecular complexity index is 1060. The lowest BCUT2D eigenvalue weighted by Crippen LogP contribution is -2.74. The van der Waals surface area contributed by atoms with E-state index in [4.69, 9.17) is 4.74 Å². The van der Waals surface area contributed by atoms with Crippen molar-refractivity contribution in [1.29, 1.82) is 0 Å². The molecule has 3 aliphatic rings. The van der Waals surface area contributed by atoms with E-state index < -0.39 is 16.6 Å². The van der Waals surface area contributed by atoms with Crippen molar-refractivity contribution < 1.29 is 9.53 Å². The molecular weight excluding hydrogens is 328 g/mol. The van der Waals surface area contributed by atoms with Crippen LogP contribution in [0.2, 0.25) is 0 Å². The highest BCUT2D eigenvalue weighted by Crippen LogP contribution is 2.71. The summed E-state index contributed by atoms with van der Waals surface area (Å²) in [5, 5.41) is 0.522. The second-order valence-corrected chi connectivity index (χ2v) is 7.75. The van der Waals surface area contributed by atoms with Crippen LogP contribution in [0.25, 0.3) is 10.2 Å². The summed E-state index contributed by atoms with van der Waals surface area (Å²) >= 11 is 1.33. The number of carbonyl (C=O) groups excluding carboxylic acids is 1. The smallest absolute Gasteiger partial charge is 0.329 e. The molecule has 124 valence electrons. The lowest BCUT2D eigenvalue weighted by molar-refractivity contribution is -0.218. The Morgan fingerprint density at radius 1 is 1.33 bits per heavy atom. The Kier molecular flexibility index (Phi) is 2.92. The summed E-state index contributed by atoms with van der Waals surface area (Å²) < 4.78 is 6.14. The van der Waals surface area contributed by atoms with E-state index in [0.29, 0.717) is 29.5 Å². The zero-order valence-corrected chi connectivity index (χ0v) is 14.4. The Morgan fingerprint density at radius 3 is 2.58 bits per heavy atom. The predicted molar refractivity (Wildman–Crippen MR) is 90.3 cm³/mol. The van der Waals surface area contributed by atoms with Gasteiger partial charge in [-0.2, -0.15) is 0 Å². The van der Waals surface area contributed by atoms with E-state index in [0.717, 1.165) is 10.4 Å². The molecule has 2 aromatic heterocycles. The van der Waals surface area contributed by atoms with Crippen molar-refractivity contribution in [1.82, 2.24) is 9.55 Å². The molecular formula is C17H16N2O4S. The van der Waals surface area contributed by atoms with Gasteiger partial charge in [0.25, 0.3) is 5.56 Å². The van der Waals surface area contributed by atoms with Crippen LogP contribution in [-0.2, 0) is 15.1 Å². The molecule has 0 radical (unpaired) electrons. The highest BCUT2D eigenvalue weighted by atomic mass is 32.1. The summed E-state index contributed by atoms with van der Waals surface area (Å²) in [5.74, 6) is 5.55. The third-order valence-electron chi connectivity index (χ3n) is 5.32. The Morgan fingerprint density at radius 2 is 2.00 bits per heavy atom. The van der Waals surface area contributed by atoms with Crippen molar-refractivity contribution in [3.05, 3.63) is 31.3 Å². The van der Waals surface area contributed by atoms with Gasteiger partial charge in [-0.1, -0.05) is 5.92 Å². The number of carbonyl (C=O) groups is 1. The second kappa shape index (κ2) is 4.61. The number of rotatable bonds is 2. The molecule has 7 heteroatoms. The van der Waals surface area contributed by atoms with Gasteiger partial charge >= 0.3 is 11.7 Å². The highest BCUT2D eigenvalue weighted by Gasteiger charge is 2.74. The summed E-state index contributed by atoms with van der Waals surface area (Å²) in [5.41, 5.74) is -0.947. The topological polar surface area (TPSA) is 81.2 Å². The number of esters is 1. The van der Waals surface area contributed by atoms with Gasteiger partial charge in [0.05, 0.1) is 28.3 Å². The number of aromatic nitrogens is 2. The first kappa shape index (κ1) is 15.2. The molecule has 0 aromatic carbocycles. The zero-order valence-electron chi connectivity index (χ0n) is 13.6. The average Bonchev–Trinajstić information content (AvgIpc) is 2.76. The van der Waals surface area contributed by atoms with Crippen LogP contribution in [0.15, 0.2) is 9.59 Å². The maximum Gasteiger partial charge on any atom is 0.329 e. The molecule has 0 saturated heterocycles. The van der Waals surface area contributed by atoms with E-state index in [1.807, 2.05) is 6.92 Å². The summed E-state index contributed by atoms with van der Waals surface area (Å²) in [4.78, 5) is 41.5. The van der Waals surface area contributed by atoms with E-state index in [1.54, 1.807) is 6.92 Å². The standard InChI is InChI=1S/C17H16N2O4S/c1-4-5-10-9(2)11-12(24-10)18-15(22)19(13(11)20)17-6-16(7-17,8-17)14(21)23-3/h6-8H2,1-3H3,(H,18,22). The lowest BCUT2D eigenvalue weighted by atomic mass is 9.39. The fourth-order valence-electron chi connectivity index (χ4n) is 4.28. The quantitative estimate of drug-likeness (QED) is 0.661. The van der Waals surface area contributed by atoms with Gasteiger partial charge in [-0.3, -0.25) is 19.1 Å². The third kappa shape index (κ3) is 1.64. The van der Waals surface area contributed by atoms with Crippen molar-refractivity contribution in [2.45, 2.75) is 38.6 Å². The fourth-order valence-corrected chi connectivity index (χ4v) is 5.38. The molecule has 0 aliphatic heterocycles. The highest BCUT2D eigenvalue weighted by molar-refractivity contribution is 7.19. The normalized spacial score (nSPS) is 27.0. The second-order valence-electron chi connectivity index (χ2n) is 6.73. The van der Waals surface area contributed by atoms with Crippen LogP contribution in [0.3, 0.4) is 0 Å². The molecule has 3 fully saturated rings. The number of hydrogen-bond donors (Lipinski definition) is 1. The molecule has 1 N–H and O–H groups in total. The molecule has 0 unspecified atom stereocenters. The van der Waals surface area contributed by atoms with Gasteiger partial charge in [0.15, 0.2) is 0 Å². The molecule has 0 amide bonds. The Balaban J connectivity index is 1.86. The molecule has 24 heavy (non-hydrogen) atoms. The number of thiophene rings is 1. The number of ether oxygens (including phenoxy) is 1. The lowest BCUT2D eigenvalue weighted by Gasteiger charge is -2.68. The van der Waals surface area contributed by atoms with Crippen LogP contribution >= 0.6 is 11.3 Å². The van der Waals surface area contributed by atoms with Crippen LogP contribution in [0.5, 0.6) is 0 Å². The van der Waals surface area contributed by atoms with Crippen LogP contribution in [0, 0.1) is 24.2 Å². The molecule has 5 rings (SSSR count). The Hall–Kier alpha value is -2.33. The number of H-pyrrole nitrogens is 1. The molecule has 6 nitrogen and oxygen atoms in total.